The minimum atomic E-state index is -0.213. The zero-order chi connectivity index (χ0) is 19.6. The summed E-state index contributed by atoms with van der Waals surface area (Å²) in [5.74, 6) is 0.323. The number of unbranched alkanes of at least 4 members (excludes halogenated alkanes) is 14. The van der Waals surface area contributed by atoms with E-state index in [9.17, 15) is 9.90 Å². The number of rotatable bonds is 17. The van der Waals surface area contributed by atoms with Crippen molar-refractivity contribution >= 4 is 5.97 Å². The molecule has 3 heteroatoms. The van der Waals surface area contributed by atoms with Crippen molar-refractivity contribution in [1.29, 1.82) is 0 Å². The van der Waals surface area contributed by atoms with Gasteiger partial charge in [-0.15, -0.1) is 0 Å². The van der Waals surface area contributed by atoms with E-state index in [1.54, 1.807) is 18.2 Å². The Morgan fingerprint density at radius 2 is 1.26 bits per heavy atom. The number of phenolic OH excluding ortho intramolecular Hbond substituents is 1. The van der Waals surface area contributed by atoms with Gasteiger partial charge in [-0.3, -0.25) is 4.79 Å². The van der Waals surface area contributed by atoms with Crippen LogP contribution in [-0.2, 0) is 4.79 Å². The molecule has 1 aromatic carbocycles. The third-order valence-electron chi connectivity index (χ3n) is 5.03. The average Bonchev–Trinajstić information content (AvgIpc) is 2.65. The van der Waals surface area contributed by atoms with Crippen LogP contribution in [0.15, 0.2) is 24.3 Å². The van der Waals surface area contributed by atoms with Gasteiger partial charge in [-0.05, 0) is 18.6 Å². The molecule has 1 aromatic rings. The highest BCUT2D eigenvalue weighted by atomic mass is 16.5. The molecule has 0 amide bonds. The molecule has 0 unspecified atom stereocenters. The number of phenols is 1. The molecular formula is C24H40O3. The SMILES string of the molecule is CCCCCCCCCCCCCCCCCC(=O)Oc1cccc(O)c1. The summed E-state index contributed by atoms with van der Waals surface area (Å²) in [6.45, 7) is 2.27. The number of ether oxygens (including phenoxy) is 1. The van der Waals surface area contributed by atoms with Gasteiger partial charge in [0.05, 0.1) is 0 Å². The van der Waals surface area contributed by atoms with Gasteiger partial charge in [-0.2, -0.15) is 0 Å². The van der Waals surface area contributed by atoms with Gasteiger partial charge in [0.2, 0.25) is 0 Å². The van der Waals surface area contributed by atoms with Crippen LogP contribution in [0.25, 0.3) is 0 Å². The predicted octanol–water partition coefficient (Wildman–Crippen LogP) is 7.56. The van der Waals surface area contributed by atoms with Gasteiger partial charge in [0.25, 0.3) is 0 Å². The first-order chi connectivity index (χ1) is 13.2. The first-order valence-electron chi connectivity index (χ1n) is 11.2. The summed E-state index contributed by atoms with van der Waals surface area (Å²) in [6, 6.07) is 6.38. The second-order valence-corrected chi connectivity index (χ2v) is 7.67. The first kappa shape index (κ1) is 23.5. The first-order valence-corrected chi connectivity index (χ1v) is 11.2. The maximum atomic E-state index is 11.8. The minimum Gasteiger partial charge on any atom is -0.508 e. The molecule has 0 heterocycles. The molecule has 0 bridgehead atoms. The molecule has 0 aliphatic heterocycles. The maximum Gasteiger partial charge on any atom is 0.311 e. The molecule has 0 saturated carbocycles. The molecule has 1 rings (SSSR count). The number of benzene rings is 1. The zero-order valence-electron chi connectivity index (χ0n) is 17.4. The lowest BCUT2D eigenvalue weighted by molar-refractivity contribution is -0.134. The fourth-order valence-corrected chi connectivity index (χ4v) is 3.37. The van der Waals surface area contributed by atoms with E-state index < -0.39 is 0 Å². The smallest absolute Gasteiger partial charge is 0.311 e. The molecule has 0 aliphatic carbocycles. The highest BCUT2D eigenvalue weighted by molar-refractivity contribution is 5.72. The van der Waals surface area contributed by atoms with E-state index in [2.05, 4.69) is 6.92 Å². The van der Waals surface area contributed by atoms with E-state index in [1.807, 2.05) is 0 Å². The lowest BCUT2D eigenvalue weighted by Gasteiger charge is -2.05. The Morgan fingerprint density at radius 3 is 1.74 bits per heavy atom. The number of hydrogen-bond donors (Lipinski definition) is 1. The van der Waals surface area contributed by atoms with Crippen LogP contribution in [0.2, 0.25) is 0 Å². The maximum absolute atomic E-state index is 11.8. The molecule has 0 radical (unpaired) electrons. The molecular weight excluding hydrogens is 336 g/mol. The van der Waals surface area contributed by atoms with E-state index in [1.165, 1.54) is 89.5 Å². The Morgan fingerprint density at radius 1 is 0.778 bits per heavy atom. The van der Waals surface area contributed by atoms with E-state index in [4.69, 9.17) is 4.74 Å². The summed E-state index contributed by atoms with van der Waals surface area (Å²) < 4.78 is 5.22. The van der Waals surface area contributed by atoms with E-state index >= 15 is 0 Å². The summed E-state index contributed by atoms with van der Waals surface area (Å²) in [7, 11) is 0. The number of carbonyl (C=O) groups is 1. The van der Waals surface area contributed by atoms with Crippen molar-refractivity contribution in [2.75, 3.05) is 0 Å². The van der Waals surface area contributed by atoms with Crippen molar-refractivity contribution in [2.45, 2.75) is 110 Å². The lowest BCUT2D eigenvalue weighted by Crippen LogP contribution is -2.07. The van der Waals surface area contributed by atoms with Crippen molar-refractivity contribution in [3.8, 4) is 11.5 Å². The second-order valence-electron chi connectivity index (χ2n) is 7.67. The second kappa shape index (κ2) is 16.6. The molecule has 27 heavy (non-hydrogen) atoms. The summed E-state index contributed by atoms with van der Waals surface area (Å²) >= 11 is 0. The topological polar surface area (TPSA) is 46.5 Å². The lowest BCUT2D eigenvalue weighted by atomic mass is 10.0. The van der Waals surface area contributed by atoms with Crippen LogP contribution in [0.5, 0.6) is 11.5 Å². The summed E-state index contributed by atoms with van der Waals surface area (Å²) in [5.41, 5.74) is 0. The quantitative estimate of drug-likeness (QED) is 0.173. The van der Waals surface area contributed by atoms with Gasteiger partial charge in [0.15, 0.2) is 0 Å². The fraction of sp³-hybridized carbons (Fsp3) is 0.708. The largest absolute Gasteiger partial charge is 0.508 e. The van der Waals surface area contributed by atoms with Crippen molar-refractivity contribution < 1.29 is 14.6 Å². The van der Waals surface area contributed by atoms with Crippen LogP contribution < -0.4 is 4.74 Å². The number of hydrogen-bond acceptors (Lipinski definition) is 3. The van der Waals surface area contributed by atoms with Crippen molar-refractivity contribution in [2.24, 2.45) is 0 Å². The number of esters is 1. The molecule has 0 aromatic heterocycles. The summed E-state index contributed by atoms with van der Waals surface area (Å²) in [6.07, 6.45) is 20.2. The Bertz CT molecular complexity index is 484. The minimum absolute atomic E-state index is 0.118. The predicted molar refractivity (Wildman–Crippen MR) is 113 cm³/mol. The molecule has 0 aliphatic rings. The van der Waals surface area contributed by atoms with Crippen LogP contribution >= 0.6 is 0 Å². The van der Waals surface area contributed by atoms with Crippen LogP contribution in [0.3, 0.4) is 0 Å². The standard InChI is InChI=1S/C24H40O3/c1-2-3-4-5-6-7-8-9-10-11-12-13-14-15-16-20-24(26)27-23-19-17-18-22(25)21-23/h17-19,21,25H,2-16,20H2,1H3. The molecule has 0 atom stereocenters. The monoisotopic (exact) mass is 376 g/mol. The van der Waals surface area contributed by atoms with Gasteiger partial charge in [-0.1, -0.05) is 103 Å². The molecule has 154 valence electrons. The highest BCUT2D eigenvalue weighted by Gasteiger charge is 2.05. The van der Waals surface area contributed by atoms with Gasteiger partial charge >= 0.3 is 5.97 Å². The van der Waals surface area contributed by atoms with Gasteiger partial charge < -0.3 is 9.84 Å². The van der Waals surface area contributed by atoms with Crippen LogP contribution in [0, 0.1) is 0 Å². The number of carbonyl (C=O) groups excluding carboxylic acids is 1. The van der Waals surface area contributed by atoms with Crippen molar-refractivity contribution in [1.82, 2.24) is 0 Å². The van der Waals surface area contributed by atoms with Gasteiger partial charge in [0.1, 0.15) is 11.5 Å². The van der Waals surface area contributed by atoms with Crippen LogP contribution in [-0.4, -0.2) is 11.1 Å². The van der Waals surface area contributed by atoms with E-state index in [0.29, 0.717) is 12.2 Å². The molecule has 3 nitrogen and oxygen atoms in total. The van der Waals surface area contributed by atoms with E-state index in [-0.39, 0.29) is 11.7 Å². The third-order valence-corrected chi connectivity index (χ3v) is 5.03. The third kappa shape index (κ3) is 14.2. The molecule has 0 saturated heterocycles. The molecule has 1 N–H and O–H groups in total. The molecule has 0 fully saturated rings. The van der Waals surface area contributed by atoms with Crippen molar-refractivity contribution in [3.63, 3.8) is 0 Å². The summed E-state index contributed by atoms with van der Waals surface area (Å²) in [4.78, 5) is 11.8. The Hall–Kier alpha value is -1.51. The van der Waals surface area contributed by atoms with Gasteiger partial charge in [0, 0.05) is 12.5 Å². The number of aromatic hydroxyl groups is 1. The highest BCUT2D eigenvalue weighted by Crippen LogP contribution is 2.19. The molecule has 0 spiro atoms. The van der Waals surface area contributed by atoms with Gasteiger partial charge in [-0.25, -0.2) is 0 Å². The fourth-order valence-electron chi connectivity index (χ4n) is 3.37. The van der Waals surface area contributed by atoms with Crippen molar-refractivity contribution in [3.05, 3.63) is 24.3 Å². The van der Waals surface area contributed by atoms with E-state index in [0.717, 1.165) is 12.8 Å². The Balaban J connectivity index is 1.82. The zero-order valence-corrected chi connectivity index (χ0v) is 17.4. The average molecular weight is 377 g/mol. The van der Waals surface area contributed by atoms with Crippen LogP contribution in [0.1, 0.15) is 110 Å². The Labute approximate surface area is 166 Å². The van der Waals surface area contributed by atoms with Crippen LogP contribution in [0.4, 0.5) is 0 Å². The summed E-state index contributed by atoms with van der Waals surface area (Å²) in [5, 5.41) is 9.35. The normalized spacial score (nSPS) is 10.9. The Kier molecular flexibility index (Phi) is 14.5.